The van der Waals surface area contributed by atoms with Gasteiger partial charge in [0.25, 0.3) is 0 Å². The molecule has 2 nitrogen and oxygen atoms in total. The number of pyridine rings is 1. The van der Waals surface area contributed by atoms with Gasteiger partial charge in [0.1, 0.15) is 5.01 Å². The molecule has 100 valence electrons. The van der Waals surface area contributed by atoms with Crippen LogP contribution in [0.4, 0.5) is 0 Å². The first kappa shape index (κ1) is 12.2. The first-order valence-electron chi connectivity index (χ1n) is 6.76. The maximum atomic E-state index is 4.77. The molecule has 0 radical (unpaired) electrons. The maximum Gasteiger partial charge on any atom is 0.117 e. The normalized spacial score (nSPS) is 11.6. The van der Waals surface area contributed by atoms with Crippen LogP contribution < -0.4 is 0 Å². The molecule has 0 amide bonds. The third-order valence-corrected chi connectivity index (χ3v) is 4.39. The zero-order chi connectivity index (χ0) is 14.1. The molecule has 0 saturated carbocycles. The Kier molecular flexibility index (Phi) is 2.98. The van der Waals surface area contributed by atoms with Gasteiger partial charge in [0, 0.05) is 17.8 Å². The Hall–Kier alpha value is -2.52. The third-order valence-electron chi connectivity index (χ3n) is 3.40. The van der Waals surface area contributed by atoms with Gasteiger partial charge in [-0.25, -0.2) is 4.98 Å². The number of nitrogens with zero attached hydrogens (tertiary/aromatic N) is 2. The third kappa shape index (κ3) is 2.32. The van der Waals surface area contributed by atoms with E-state index < -0.39 is 0 Å². The second-order valence-electron chi connectivity index (χ2n) is 4.81. The molecule has 0 spiro atoms. The highest BCUT2D eigenvalue weighted by atomic mass is 32.1. The summed E-state index contributed by atoms with van der Waals surface area (Å²) in [7, 11) is 0. The van der Waals surface area contributed by atoms with E-state index in [0.29, 0.717) is 0 Å². The molecule has 0 aliphatic heterocycles. The van der Waals surface area contributed by atoms with Crippen LogP contribution in [0.5, 0.6) is 0 Å². The van der Waals surface area contributed by atoms with Crippen molar-refractivity contribution in [2.45, 2.75) is 0 Å². The van der Waals surface area contributed by atoms with Gasteiger partial charge in [0.2, 0.25) is 0 Å². The van der Waals surface area contributed by atoms with Crippen molar-refractivity contribution in [3.05, 3.63) is 71.5 Å². The molecular weight excluding hydrogens is 276 g/mol. The summed E-state index contributed by atoms with van der Waals surface area (Å²) in [5, 5.41) is 3.47. The van der Waals surface area contributed by atoms with E-state index >= 15 is 0 Å². The molecule has 21 heavy (non-hydrogen) atoms. The Morgan fingerprint density at radius 3 is 2.76 bits per heavy atom. The summed E-state index contributed by atoms with van der Waals surface area (Å²) in [6.07, 6.45) is 7.73. The van der Waals surface area contributed by atoms with Crippen LogP contribution in [0.15, 0.2) is 60.9 Å². The number of thiazole rings is 1. The van der Waals surface area contributed by atoms with Gasteiger partial charge in [-0.15, -0.1) is 11.3 Å². The molecule has 2 heterocycles. The van der Waals surface area contributed by atoms with Crippen molar-refractivity contribution >= 4 is 44.5 Å². The standard InChI is InChI=1S/C18H12N2S/c1-2-6-15-14(5-1)8-9-16-18(15)20-17(21-16)10-7-13-4-3-11-19-12-13/h1-12H/b10-7+. The molecular formula is C18H12N2S. The second-order valence-corrected chi connectivity index (χ2v) is 5.87. The summed E-state index contributed by atoms with van der Waals surface area (Å²) in [6.45, 7) is 0. The number of hydrogen-bond acceptors (Lipinski definition) is 3. The SMILES string of the molecule is C(=C\c1nc2c(ccc3ccccc32)s1)/c1cccnc1. The molecule has 4 aromatic rings. The van der Waals surface area contributed by atoms with Gasteiger partial charge < -0.3 is 0 Å². The predicted molar refractivity (Wildman–Crippen MR) is 90.3 cm³/mol. The van der Waals surface area contributed by atoms with Gasteiger partial charge in [-0.1, -0.05) is 42.5 Å². The van der Waals surface area contributed by atoms with Crippen molar-refractivity contribution in [2.24, 2.45) is 0 Å². The van der Waals surface area contributed by atoms with Crippen LogP contribution in [0.2, 0.25) is 0 Å². The van der Waals surface area contributed by atoms with Gasteiger partial charge in [0.15, 0.2) is 0 Å². The quantitative estimate of drug-likeness (QED) is 0.518. The number of fused-ring (bicyclic) bond motifs is 3. The molecule has 0 N–H and O–H groups in total. The van der Waals surface area contributed by atoms with Crippen LogP contribution in [-0.4, -0.2) is 9.97 Å². The number of rotatable bonds is 2. The van der Waals surface area contributed by atoms with E-state index in [0.717, 1.165) is 16.1 Å². The van der Waals surface area contributed by atoms with Crippen molar-refractivity contribution in [3.8, 4) is 0 Å². The summed E-state index contributed by atoms with van der Waals surface area (Å²) < 4.78 is 1.22. The highest BCUT2D eigenvalue weighted by molar-refractivity contribution is 7.19. The second kappa shape index (κ2) is 5.11. The first-order chi connectivity index (χ1) is 10.4. The van der Waals surface area contributed by atoms with E-state index in [2.05, 4.69) is 47.5 Å². The Labute approximate surface area is 126 Å². The summed E-state index contributed by atoms with van der Waals surface area (Å²) >= 11 is 1.71. The lowest BCUT2D eigenvalue weighted by molar-refractivity contribution is 1.32. The first-order valence-corrected chi connectivity index (χ1v) is 7.58. The lowest BCUT2D eigenvalue weighted by Gasteiger charge is -1.96. The smallest absolute Gasteiger partial charge is 0.117 e. The summed E-state index contributed by atoms with van der Waals surface area (Å²) in [4.78, 5) is 8.88. The highest BCUT2D eigenvalue weighted by Gasteiger charge is 2.05. The Bertz CT molecular complexity index is 939. The molecule has 4 rings (SSSR count). The lowest BCUT2D eigenvalue weighted by atomic mass is 10.1. The van der Waals surface area contributed by atoms with Crippen molar-refractivity contribution in [1.82, 2.24) is 9.97 Å². The van der Waals surface area contributed by atoms with Gasteiger partial charge in [0.05, 0.1) is 10.2 Å². The molecule has 0 saturated heterocycles. The molecule has 0 atom stereocenters. The van der Waals surface area contributed by atoms with Crippen LogP contribution in [0.25, 0.3) is 33.1 Å². The minimum absolute atomic E-state index is 1.02. The molecule has 0 fully saturated rings. The van der Waals surface area contributed by atoms with E-state index in [4.69, 9.17) is 4.98 Å². The van der Waals surface area contributed by atoms with E-state index in [1.807, 2.05) is 24.4 Å². The van der Waals surface area contributed by atoms with Crippen LogP contribution in [-0.2, 0) is 0 Å². The van der Waals surface area contributed by atoms with Gasteiger partial charge >= 0.3 is 0 Å². The van der Waals surface area contributed by atoms with Crippen molar-refractivity contribution in [2.75, 3.05) is 0 Å². The minimum atomic E-state index is 1.02. The molecule has 0 aliphatic rings. The summed E-state index contributed by atoms with van der Waals surface area (Å²) in [5.41, 5.74) is 2.17. The number of hydrogen-bond donors (Lipinski definition) is 0. The predicted octanol–water partition coefficient (Wildman–Crippen LogP) is 5.01. The molecule has 0 aliphatic carbocycles. The summed E-state index contributed by atoms with van der Waals surface area (Å²) in [5.74, 6) is 0. The zero-order valence-electron chi connectivity index (χ0n) is 11.2. The largest absolute Gasteiger partial charge is 0.264 e. The van der Waals surface area contributed by atoms with E-state index in [-0.39, 0.29) is 0 Å². The van der Waals surface area contributed by atoms with E-state index in [1.165, 1.54) is 15.5 Å². The molecule has 0 unspecified atom stereocenters. The van der Waals surface area contributed by atoms with Crippen LogP contribution in [0.1, 0.15) is 10.6 Å². The van der Waals surface area contributed by atoms with Crippen molar-refractivity contribution < 1.29 is 0 Å². The lowest BCUT2D eigenvalue weighted by Crippen LogP contribution is -1.75. The van der Waals surface area contributed by atoms with Crippen LogP contribution in [0, 0.1) is 0 Å². The highest BCUT2D eigenvalue weighted by Crippen LogP contribution is 2.29. The maximum absolute atomic E-state index is 4.77. The fourth-order valence-corrected chi connectivity index (χ4v) is 3.28. The van der Waals surface area contributed by atoms with Crippen LogP contribution in [0.3, 0.4) is 0 Å². The van der Waals surface area contributed by atoms with Gasteiger partial charge in [-0.05, 0) is 29.2 Å². The molecule has 2 aromatic carbocycles. The summed E-state index contributed by atoms with van der Waals surface area (Å²) in [6, 6.07) is 16.7. The molecule has 3 heteroatoms. The topological polar surface area (TPSA) is 25.8 Å². The monoisotopic (exact) mass is 288 g/mol. The fraction of sp³-hybridized carbons (Fsp3) is 0. The van der Waals surface area contributed by atoms with Crippen molar-refractivity contribution in [3.63, 3.8) is 0 Å². The Balaban J connectivity index is 1.80. The zero-order valence-corrected chi connectivity index (χ0v) is 12.0. The number of aromatic nitrogens is 2. The average Bonchev–Trinajstić information content (AvgIpc) is 2.97. The molecule has 0 bridgehead atoms. The van der Waals surface area contributed by atoms with Gasteiger partial charge in [-0.3, -0.25) is 4.98 Å². The Morgan fingerprint density at radius 2 is 1.86 bits per heavy atom. The fourth-order valence-electron chi connectivity index (χ4n) is 2.39. The van der Waals surface area contributed by atoms with Gasteiger partial charge in [-0.2, -0.15) is 0 Å². The average molecular weight is 288 g/mol. The Morgan fingerprint density at radius 1 is 0.905 bits per heavy atom. The van der Waals surface area contributed by atoms with E-state index in [9.17, 15) is 0 Å². The molecule has 2 aromatic heterocycles. The van der Waals surface area contributed by atoms with Crippen molar-refractivity contribution in [1.29, 1.82) is 0 Å². The minimum Gasteiger partial charge on any atom is -0.264 e. The van der Waals surface area contributed by atoms with E-state index in [1.54, 1.807) is 17.5 Å². The van der Waals surface area contributed by atoms with Crippen LogP contribution >= 0.6 is 11.3 Å². The number of benzene rings is 2.